The van der Waals surface area contributed by atoms with Gasteiger partial charge in [-0.2, -0.15) is 9.61 Å². The highest BCUT2D eigenvalue weighted by Crippen LogP contribution is 2.29. The number of amides is 1. The molecule has 6 nitrogen and oxygen atoms in total. The Hall–Kier alpha value is -3.32. The van der Waals surface area contributed by atoms with E-state index in [1.807, 2.05) is 50.3 Å². The normalized spacial score (nSPS) is 11.6. The van der Waals surface area contributed by atoms with Gasteiger partial charge in [-0.25, -0.2) is 0 Å². The first-order valence-electron chi connectivity index (χ1n) is 9.79. The average molecular weight is 418 g/mol. The van der Waals surface area contributed by atoms with Crippen LogP contribution in [0.1, 0.15) is 42.3 Å². The molecule has 0 atom stereocenters. The molecule has 0 saturated heterocycles. The molecule has 2 aromatic carbocycles. The molecule has 0 fully saturated rings. The Bertz CT molecular complexity index is 1230. The van der Waals surface area contributed by atoms with Crippen LogP contribution >= 0.6 is 11.3 Å². The first kappa shape index (κ1) is 20.0. The van der Waals surface area contributed by atoms with E-state index >= 15 is 0 Å². The lowest BCUT2D eigenvalue weighted by atomic mass is 10.0. The number of nitrogens with zero attached hydrogens (tertiary/aromatic N) is 4. The van der Waals surface area contributed by atoms with E-state index < -0.39 is 0 Å². The molecule has 152 valence electrons. The number of fused-ring (bicyclic) bond motifs is 1. The molecule has 0 spiro atoms. The second kappa shape index (κ2) is 8.20. The van der Waals surface area contributed by atoms with Crippen LogP contribution in [0, 0.1) is 13.8 Å². The van der Waals surface area contributed by atoms with Crippen LogP contribution in [0.2, 0.25) is 0 Å². The third kappa shape index (κ3) is 4.16. The number of carbonyl (C=O) groups excluding carboxylic acids is 1. The highest BCUT2D eigenvalue weighted by molar-refractivity contribution is 7.19. The van der Waals surface area contributed by atoms with Crippen LogP contribution in [-0.4, -0.2) is 25.7 Å². The van der Waals surface area contributed by atoms with E-state index in [2.05, 4.69) is 46.6 Å². The molecule has 0 unspecified atom stereocenters. The van der Waals surface area contributed by atoms with E-state index in [4.69, 9.17) is 0 Å². The molecule has 2 aromatic heterocycles. The van der Waals surface area contributed by atoms with Gasteiger partial charge in [0.05, 0.1) is 0 Å². The Labute approximate surface area is 179 Å². The Kier molecular flexibility index (Phi) is 5.46. The zero-order valence-electron chi connectivity index (χ0n) is 17.4. The fraction of sp³-hybridized carbons (Fsp3) is 0.217. The number of aryl methyl sites for hydroxylation is 2. The summed E-state index contributed by atoms with van der Waals surface area (Å²) in [5, 5.41) is 16.5. The highest BCUT2D eigenvalue weighted by atomic mass is 32.1. The molecule has 4 rings (SSSR count). The number of rotatable bonds is 5. The predicted molar refractivity (Wildman–Crippen MR) is 122 cm³/mol. The van der Waals surface area contributed by atoms with Gasteiger partial charge in [-0.3, -0.25) is 4.79 Å². The van der Waals surface area contributed by atoms with Gasteiger partial charge in [0.15, 0.2) is 5.82 Å². The average Bonchev–Trinajstić information content (AvgIpc) is 3.30. The van der Waals surface area contributed by atoms with Crippen LogP contribution < -0.4 is 5.32 Å². The van der Waals surface area contributed by atoms with E-state index in [0.717, 1.165) is 38.2 Å². The molecule has 4 aromatic rings. The summed E-state index contributed by atoms with van der Waals surface area (Å²) in [6.45, 7) is 8.16. The summed E-state index contributed by atoms with van der Waals surface area (Å²) in [4.78, 5) is 13.2. The molecule has 0 aliphatic rings. The first-order valence-corrected chi connectivity index (χ1v) is 10.6. The second-order valence-electron chi connectivity index (χ2n) is 7.52. The molecule has 1 N–H and O–H groups in total. The Morgan fingerprint density at radius 3 is 2.57 bits per heavy atom. The van der Waals surface area contributed by atoms with Crippen molar-refractivity contribution in [2.75, 3.05) is 5.32 Å². The van der Waals surface area contributed by atoms with Gasteiger partial charge in [-0.1, -0.05) is 61.6 Å². The van der Waals surface area contributed by atoms with Crippen LogP contribution in [0.5, 0.6) is 0 Å². The maximum Gasteiger partial charge on any atom is 0.248 e. The summed E-state index contributed by atoms with van der Waals surface area (Å²) in [7, 11) is 0. The Morgan fingerprint density at radius 2 is 1.87 bits per heavy atom. The summed E-state index contributed by atoms with van der Waals surface area (Å²) >= 11 is 1.47. The van der Waals surface area contributed by atoms with Crippen LogP contribution in [0.4, 0.5) is 5.69 Å². The van der Waals surface area contributed by atoms with Crippen molar-refractivity contribution in [1.82, 2.24) is 19.8 Å². The monoisotopic (exact) mass is 417 g/mol. The van der Waals surface area contributed by atoms with Gasteiger partial charge in [0, 0.05) is 17.3 Å². The molecule has 7 heteroatoms. The van der Waals surface area contributed by atoms with Crippen molar-refractivity contribution in [3.63, 3.8) is 0 Å². The minimum atomic E-state index is -0.169. The smallest absolute Gasteiger partial charge is 0.248 e. The van der Waals surface area contributed by atoms with Crippen LogP contribution in [-0.2, 0) is 4.79 Å². The summed E-state index contributed by atoms with van der Waals surface area (Å²) in [5.74, 6) is 1.07. The minimum absolute atomic E-state index is 0.169. The third-order valence-electron chi connectivity index (χ3n) is 4.92. The third-order valence-corrected chi connectivity index (χ3v) is 5.87. The molecule has 0 aliphatic carbocycles. The topological polar surface area (TPSA) is 72.2 Å². The molecule has 2 heterocycles. The van der Waals surface area contributed by atoms with Crippen molar-refractivity contribution in [2.45, 2.75) is 33.6 Å². The molecular weight excluding hydrogens is 394 g/mol. The molecule has 0 radical (unpaired) electrons. The van der Waals surface area contributed by atoms with Gasteiger partial charge in [0.2, 0.25) is 10.9 Å². The maximum absolute atomic E-state index is 12.5. The Balaban J connectivity index is 1.50. The zero-order chi connectivity index (χ0) is 21.3. The van der Waals surface area contributed by atoms with E-state index in [9.17, 15) is 4.79 Å². The number of hydrogen-bond donors (Lipinski definition) is 1. The van der Waals surface area contributed by atoms with Gasteiger partial charge >= 0.3 is 0 Å². The van der Waals surface area contributed by atoms with Crippen molar-refractivity contribution in [3.8, 4) is 10.6 Å². The quantitative estimate of drug-likeness (QED) is 0.451. The largest absolute Gasteiger partial charge is 0.322 e. The SMILES string of the molecule is Cc1ccc(-c2nn3c(C)nnc3s2)cc1NC(=O)/C=C/c1ccc(C(C)C)cc1. The number of carbonyl (C=O) groups is 1. The van der Waals surface area contributed by atoms with Gasteiger partial charge in [0.25, 0.3) is 0 Å². The van der Waals surface area contributed by atoms with Crippen molar-refractivity contribution < 1.29 is 4.79 Å². The fourth-order valence-corrected chi connectivity index (χ4v) is 3.94. The Morgan fingerprint density at radius 1 is 1.10 bits per heavy atom. The summed E-state index contributed by atoms with van der Waals surface area (Å²) in [6, 6.07) is 14.2. The van der Waals surface area contributed by atoms with Crippen molar-refractivity contribution in [2.24, 2.45) is 0 Å². The van der Waals surface area contributed by atoms with Gasteiger partial charge < -0.3 is 5.32 Å². The molecule has 0 bridgehead atoms. The number of benzene rings is 2. The highest BCUT2D eigenvalue weighted by Gasteiger charge is 2.12. The number of anilines is 1. The van der Waals surface area contributed by atoms with Crippen LogP contribution in [0.25, 0.3) is 21.6 Å². The van der Waals surface area contributed by atoms with E-state index in [-0.39, 0.29) is 5.91 Å². The maximum atomic E-state index is 12.5. The molecule has 0 saturated carbocycles. The van der Waals surface area contributed by atoms with Crippen molar-refractivity contribution >= 4 is 34.0 Å². The predicted octanol–water partition coefficient (Wildman–Crippen LogP) is 5.24. The summed E-state index contributed by atoms with van der Waals surface area (Å²) < 4.78 is 1.73. The van der Waals surface area contributed by atoms with E-state index in [1.54, 1.807) is 10.6 Å². The molecule has 1 amide bonds. The molecular formula is C23H23N5OS. The number of nitrogens with one attached hydrogen (secondary N) is 1. The lowest BCUT2D eigenvalue weighted by Gasteiger charge is -2.08. The van der Waals surface area contributed by atoms with Crippen LogP contribution in [0.3, 0.4) is 0 Å². The number of hydrogen-bond acceptors (Lipinski definition) is 5. The fourth-order valence-electron chi connectivity index (χ4n) is 3.06. The standard InChI is InChI=1S/C23H23N5OS/c1-14(2)18-10-6-17(7-11-18)8-12-21(29)24-20-13-19(9-5-15(20)3)22-27-28-16(4)25-26-23(28)30-22/h5-14H,1-4H3,(H,24,29)/b12-8+. The van der Waals surface area contributed by atoms with Gasteiger partial charge in [0.1, 0.15) is 5.01 Å². The van der Waals surface area contributed by atoms with Gasteiger partial charge in [-0.05, 0) is 48.6 Å². The van der Waals surface area contributed by atoms with Gasteiger partial charge in [-0.15, -0.1) is 10.2 Å². The molecule has 30 heavy (non-hydrogen) atoms. The second-order valence-corrected chi connectivity index (χ2v) is 8.48. The zero-order valence-corrected chi connectivity index (χ0v) is 18.2. The number of aromatic nitrogens is 4. The van der Waals surface area contributed by atoms with Crippen LogP contribution in [0.15, 0.2) is 48.5 Å². The molecule has 0 aliphatic heterocycles. The summed E-state index contributed by atoms with van der Waals surface area (Å²) in [6.07, 6.45) is 3.38. The first-order chi connectivity index (χ1) is 14.4. The van der Waals surface area contributed by atoms with E-state index in [0.29, 0.717) is 5.92 Å². The lowest BCUT2D eigenvalue weighted by molar-refractivity contribution is -0.111. The van der Waals surface area contributed by atoms with Crippen molar-refractivity contribution in [3.05, 3.63) is 71.1 Å². The minimum Gasteiger partial charge on any atom is -0.322 e. The van der Waals surface area contributed by atoms with E-state index in [1.165, 1.54) is 16.9 Å². The summed E-state index contributed by atoms with van der Waals surface area (Å²) in [5.41, 5.74) is 4.96. The van der Waals surface area contributed by atoms with Crippen molar-refractivity contribution in [1.29, 1.82) is 0 Å². The lowest BCUT2D eigenvalue weighted by Crippen LogP contribution is -2.09.